The second-order valence-electron chi connectivity index (χ2n) is 6.29. The highest BCUT2D eigenvalue weighted by Crippen LogP contribution is 2.20. The van der Waals surface area contributed by atoms with Crippen molar-refractivity contribution in [1.82, 2.24) is 4.90 Å². The third-order valence-electron chi connectivity index (χ3n) is 4.38. The maximum Gasteiger partial charge on any atom is 0.342 e. The molecule has 2 aromatic carbocycles. The number of likely N-dealkylation sites (tertiary alicyclic amines) is 1. The third-order valence-corrected chi connectivity index (χ3v) is 4.38. The van der Waals surface area contributed by atoms with E-state index in [1.165, 1.54) is 0 Å². The van der Waals surface area contributed by atoms with E-state index >= 15 is 0 Å². The number of carbonyl (C=O) groups is 2. The van der Waals surface area contributed by atoms with Gasteiger partial charge in [0.25, 0.3) is 5.91 Å². The van der Waals surface area contributed by atoms with E-state index in [9.17, 15) is 9.59 Å². The molecule has 0 spiro atoms. The fourth-order valence-electron chi connectivity index (χ4n) is 2.94. The van der Waals surface area contributed by atoms with Crippen molar-refractivity contribution in [1.29, 1.82) is 0 Å². The average Bonchev–Trinajstić information content (AvgIpc) is 2.72. The molecule has 2 aromatic rings. The normalized spacial score (nSPS) is 13.9. The summed E-state index contributed by atoms with van der Waals surface area (Å²) in [7, 11) is 0. The number of nitrogens with zero attached hydrogens (tertiary/aromatic N) is 1. The Morgan fingerprint density at radius 2 is 1.58 bits per heavy atom. The van der Waals surface area contributed by atoms with Crippen molar-refractivity contribution < 1.29 is 19.1 Å². The molecule has 1 aliphatic heterocycles. The standard InChI is InChI=1S/C21H23NO4/c23-20(22-13-7-2-8-14-22)16-26-21(24)18-11-5-6-12-19(18)25-15-17-9-3-1-4-10-17/h1,3-6,9-12H,2,7-8,13-16H2. The second-order valence-corrected chi connectivity index (χ2v) is 6.29. The van der Waals surface area contributed by atoms with Crippen LogP contribution in [-0.4, -0.2) is 36.5 Å². The molecular formula is C21H23NO4. The number of amides is 1. The van der Waals surface area contributed by atoms with Gasteiger partial charge in [-0.1, -0.05) is 42.5 Å². The van der Waals surface area contributed by atoms with Crippen LogP contribution in [-0.2, 0) is 16.1 Å². The van der Waals surface area contributed by atoms with Crippen molar-refractivity contribution >= 4 is 11.9 Å². The van der Waals surface area contributed by atoms with Crippen LogP contribution in [0, 0.1) is 0 Å². The van der Waals surface area contributed by atoms with Gasteiger partial charge >= 0.3 is 5.97 Å². The summed E-state index contributed by atoms with van der Waals surface area (Å²) >= 11 is 0. The number of piperidine rings is 1. The number of carbonyl (C=O) groups excluding carboxylic acids is 2. The van der Waals surface area contributed by atoms with Gasteiger partial charge in [-0.2, -0.15) is 0 Å². The van der Waals surface area contributed by atoms with E-state index in [2.05, 4.69) is 0 Å². The van der Waals surface area contributed by atoms with Crippen LogP contribution in [0.3, 0.4) is 0 Å². The van der Waals surface area contributed by atoms with Crippen molar-refractivity contribution in [2.24, 2.45) is 0 Å². The van der Waals surface area contributed by atoms with Gasteiger partial charge in [-0.3, -0.25) is 4.79 Å². The van der Waals surface area contributed by atoms with Gasteiger partial charge in [-0.15, -0.1) is 0 Å². The Hall–Kier alpha value is -2.82. The van der Waals surface area contributed by atoms with Gasteiger partial charge in [0.15, 0.2) is 6.61 Å². The maximum atomic E-state index is 12.4. The predicted octanol–water partition coefficient (Wildman–Crippen LogP) is 3.43. The quantitative estimate of drug-likeness (QED) is 0.747. The Labute approximate surface area is 153 Å². The Morgan fingerprint density at radius 1 is 0.885 bits per heavy atom. The van der Waals surface area contributed by atoms with Gasteiger partial charge < -0.3 is 14.4 Å². The van der Waals surface area contributed by atoms with Gasteiger partial charge in [-0.05, 0) is 37.0 Å². The molecular weight excluding hydrogens is 330 g/mol. The Balaban J connectivity index is 1.57. The summed E-state index contributed by atoms with van der Waals surface area (Å²) in [6, 6.07) is 16.6. The first-order valence-electron chi connectivity index (χ1n) is 8.95. The van der Waals surface area contributed by atoms with E-state index in [0.29, 0.717) is 17.9 Å². The van der Waals surface area contributed by atoms with Crippen LogP contribution in [0.15, 0.2) is 54.6 Å². The summed E-state index contributed by atoms with van der Waals surface area (Å²) < 4.78 is 11.0. The van der Waals surface area contributed by atoms with Crippen molar-refractivity contribution in [2.45, 2.75) is 25.9 Å². The average molecular weight is 353 g/mol. The molecule has 0 aromatic heterocycles. The Morgan fingerprint density at radius 3 is 2.35 bits per heavy atom. The van der Waals surface area contributed by atoms with E-state index in [1.54, 1.807) is 29.2 Å². The van der Waals surface area contributed by atoms with Crippen LogP contribution >= 0.6 is 0 Å². The van der Waals surface area contributed by atoms with Gasteiger partial charge in [0.1, 0.15) is 17.9 Å². The molecule has 0 aliphatic carbocycles. The minimum Gasteiger partial charge on any atom is -0.488 e. The second kappa shape index (κ2) is 9.04. The highest BCUT2D eigenvalue weighted by Gasteiger charge is 2.20. The topological polar surface area (TPSA) is 55.8 Å². The lowest BCUT2D eigenvalue weighted by atomic mass is 10.1. The third kappa shape index (κ3) is 4.85. The first-order valence-corrected chi connectivity index (χ1v) is 8.95. The molecule has 5 heteroatoms. The predicted molar refractivity (Wildman–Crippen MR) is 97.9 cm³/mol. The van der Waals surface area contributed by atoms with Gasteiger partial charge in [0.05, 0.1) is 0 Å². The van der Waals surface area contributed by atoms with Crippen LogP contribution in [0.5, 0.6) is 5.75 Å². The zero-order valence-electron chi connectivity index (χ0n) is 14.7. The largest absolute Gasteiger partial charge is 0.488 e. The number of hydrogen-bond donors (Lipinski definition) is 0. The molecule has 1 aliphatic rings. The Kier molecular flexibility index (Phi) is 6.25. The molecule has 0 radical (unpaired) electrons. The highest BCUT2D eigenvalue weighted by atomic mass is 16.5. The van der Waals surface area contributed by atoms with Crippen molar-refractivity contribution in [2.75, 3.05) is 19.7 Å². The van der Waals surface area contributed by atoms with Crippen LogP contribution in [0.25, 0.3) is 0 Å². The first-order chi connectivity index (χ1) is 12.7. The smallest absolute Gasteiger partial charge is 0.342 e. The number of para-hydroxylation sites is 1. The molecule has 0 N–H and O–H groups in total. The first kappa shape index (κ1) is 18.0. The van der Waals surface area contributed by atoms with Gasteiger partial charge in [-0.25, -0.2) is 4.79 Å². The summed E-state index contributed by atoms with van der Waals surface area (Å²) in [6.07, 6.45) is 3.17. The number of benzene rings is 2. The zero-order chi connectivity index (χ0) is 18.2. The van der Waals surface area contributed by atoms with E-state index < -0.39 is 5.97 Å². The molecule has 0 atom stereocenters. The number of esters is 1. The molecule has 0 bridgehead atoms. The van der Waals surface area contributed by atoms with Crippen LogP contribution in [0.4, 0.5) is 0 Å². The van der Waals surface area contributed by atoms with Crippen LogP contribution < -0.4 is 4.74 Å². The van der Waals surface area contributed by atoms with E-state index in [0.717, 1.165) is 37.9 Å². The SMILES string of the molecule is O=C(OCC(=O)N1CCCCC1)c1ccccc1OCc1ccccc1. The minimum absolute atomic E-state index is 0.138. The van der Waals surface area contributed by atoms with Crippen molar-refractivity contribution in [3.63, 3.8) is 0 Å². The molecule has 5 nitrogen and oxygen atoms in total. The molecule has 136 valence electrons. The summed E-state index contributed by atoms with van der Waals surface area (Å²) in [6.45, 7) is 1.62. The molecule has 26 heavy (non-hydrogen) atoms. The number of hydrogen-bond acceptors (Lipinski definition) is 4. The summed E-state index contributed by atoms with van der Waals surface area (Å²) in [4.78, 5) is 26.3. The number of ether oxygens (including phenoxy) is 2. The molecule has 1 fully saturated rings. The van der Waals surface area contributed by atoms with Crippen LogP contribution in [0.1, 0.15) is 35.2 Å². The van der Waals surface area contributed by atoms with E-state index in [-0.39, 0.29) is 12.5 Å². The molecule has 1 heterocycles. The minimum atomic E-state index is -0.543. The highest BCUT2D eigenvalue weighted by molar-refractivity contribution is 5.94. The summed E-state index contributed by atoms with van der Waals surface area (Å²) in [5.41, 5.74) is 1.34. The van der Waals surface area contributed by atoms with Crippen molar-refractivity contribution in [3.8, 4) is 5.75 Å². The zero-order valence-corrected chi connectivity index (χ0v) is 14.7. The fourth-order valence-corrected chi connectivity index (χ4v) is 2.94. The molecule has 0 saturated carbocycles. The lowest BCUT2D eigenvalue weighted by molar-refractivity contribution is -0.135. The fraction of sp³-hybridized carbons (Fsp3) is 0.333. The van der Waals surface area contributed by atoms with E-state index in [4.69, 9.17) is 9.47 Å². The monoisotopic (exact) mass is 353 g/mol. The molecule has 0 unspecified atom stereocenters. The molecule has 3 rings (SSSR count). The van der Waals surface area contributed by atoms with Crippen LogP contribution in [0.2, 0.25) is 0 Å². The Bertz CT molecular complexity index is 739. The van der Waals surface area contributed by atoms with Gasteiger partial charge in [0.2, 0.25) is 0 Å². The lowest BCUT2D eigenvalue weighted by Gasteiger charge is -2.26. The lowest BCUT2D eigenvalue weighted by Crippen LogP contribution is -2.38. The van der Waals surface area contributed by atoms with E-state index in [1.807, 2.05) is 30.3 Å². The number of rotatable bonds is 6. The molecule has 1 amide bonds. The summed E-state index contributed by atoms with van der Waals surface area (Å²) in [5.74, 6) is -0.230. The summed E-state index contributed by atoms with van der Waals surface area (Å²) in [5, 5.41) is 0. The molecule has 1 saturated heterocycles. The van der Waals surface area contributed by atoms with Gasteiger partial charge in [0, 0.05) is 13.1 Å². The van der Waals surface area contributed by atoms with Crippen molar-refractivity contribution in [3.05, 3.63) is 65.7 Å². The maximum absolute atomic E-state index is 12.4.